The highest BCUT2D eigenvalue weighted by atomic mass is 35.5. The second kappa shape index (κ2) is 6.63. The van der Waals surface area contributed by atoms with E-state index in [0.717, 1.165) is 33.3 Å². The van der Waals surface area contributed by atoms with Crippen LogP contribution in [0.3, 0.4) is 0 Å². The zero-order valence-corrected chi connectivity index (χ0v) is 12.3. The van der Waals surface area contributed by atoms with Crippen LogP contribution in [0.15, 0.2) is 46.1 Å². The summed E-state index contributed by atoms with van der Waals surface area (Å²) in [4.78, 5) is 8.54. The average Bonchev–Trinajstić information content (AvgIpc) is 2.34. The molecule has 1 aliphatic heterocycles. The molecular weight excluding hydrogens is 280 g/mol. The van der Waals surface area contributed by atoms with Gasteiger partial charge in [-0.3, -0.25) is 0 Å². The van der Waals surface area contributed by atoms with Crippen LogP contribution >= 0.6 is 23.4 Å². The van der Waals surface area contributed by atoms with Crippen molar-refractivity contribution < 1.29 is 0 Å². The number of anilines is 1. The molecule has 1 aromatic carbocycles. The Labute approximate surface area is 122 Å². The first-order valence-corrected chi connectivity index (χ1v) is 7.14. The smallest absolute Gasteiger partial charge is 0.197 e. The van der Waals surface area contributed by atoms with Crippen LogP contribution in [0.2, 0.25) is 5.02 Å². The number of hydrogen-bond acceptors (Lipinski definition) is 4. The summed E-state index contributed by atoms with van der Waals surface area (Å²) in [5.41, 5.74) is 2.00. The third-order valence-electron chi connectivity index (χ3n) is 2.30. The SMILES string of the molecule is CCNC(C)=CN=C1N=C(Nc2ccc(Cl)cc2)S1. The van der Waals surface area contributed by atoms with Crippen molar-refractivity contribution in [3.63, 3.8) is 0 Å². The number of hydrogen-bond donors (Lipinski definition) is 2. The van der Waals surface area contributed by atoms with Crippen molar-refractivity contribution in [2.24, 2.45) is 9.98 Å². The number of amidine groups is 2. The molecule has 0 spiro atoms. The van der Waals surface area contributed by atoms with E-state index in [2.05, 4.69) is 27.5 Å². The van der Waals surface area contributed by atoms with E-state index in [9.17, 15) is 0 Å². The number of aliphatic imine (C=N–C) groups is 2. The zero-order chi connectivity index (χ0) is 13.7. The topological polar surface area (TPSA) is 48.8 Å². The number of nitrogens with zero attached hydrogens (tertiary/aromatic N) is 2. The van der Waals surface area contributed by atoms with Crippen LogP contribution in [0, 0.1) is 0 Å². The molecule has 0 saturated carbocycles. The molecule has 0 aliphatic carbocycles. The Balaban J connectivity index is 1.89. The maximum absolute atomic E-state index is 5.82. The summed E-state index contributed by atoms with van der Waals surface area (Å²) in [6.45, 7) is 4.93. The summed E-state index contributed by atoms with van der Waals surface area (Å²) in [6.07, 6.45) is 1.79. The number of thioether (sulfide) groups is 1. The molecule has 1 aliphatic rings. The molecule has 100 valence electrons. The van der Waals surface area contributed by atoms with Gasteiger partial charge in [-0.1, -0.05) is 11.6 Å². The Hall–Kier alpha value is -1.46. The number of nitrogens with one attached hydrogen (secondary N) is 2. The summed E-state index contributed by atoms with van der Waals surface area (Å²) in [7, 11) is 0. The first kappa shape index (κ1) is 14.0. The molecule has 0 fully saturated rings. The van der Waals surface area contributed by atoms with Crippen LogP contribution in [-0.2, 0) is 0 Å². The van der Waals surface area contributed by atoms with Gasteiger partial charge in [-0.05, 0) is 49.9 Å². The van der Waals surface area contributed by atoms with E-state index in [4.69, 9.17) is 11.6 Å². The molecule has 2 N–H and O–H groups in total. The first-order valence-electron chi connectivity index (χ1n) is 5.95. The van der Waals surface area contributed by atoms with Gasteiger partial charge in [0.1, 0.15) is 0 Å². The van der Waals surface area contributed by atoms with Crippen LogP contribution in [0.4, 0.5) is 5.69 Å². The highest BCUT2D eigenvalue weighted by Gasteiger charge is 2.16. The van der Waals surface area contributed by atoms with Gasteiger partial charge in [-0.15, -0.1) is 0 Å². The molecule has 0 saturated heterocycles. The van der Waals surface area contributed by atoms with Gasteiger partial charge in [0, 0.05) is 29.2 Å². The lowest BCUT2D eigenvalue weighted by Gasteiger charge is -2.15. The van der Waals surface area contributed by atoms with E-state index in [-0.39, 0.29) is 0 Å². The maximum Gasteiger partial charge on any atom is 0.197 e. The van der Waals surface area contributed by atoms with Crippen molar-refractivity contribution >= 4 is 39.4 Å². The van der Waals surface area contributed by atoms with Crippen LogP contribution < -0.4 is 10.6 Å². The van der Waals surface area contributed by atoms with Crippen molar-refractivity contribution in [2.45, 2.75) is 13.8 Å². The van der Waals surface area contributed by atoms with Crippen LogP contribution in [0.25, 0.3) is 0 Å². The van der Waals surface area contributed by atoms with Gasteiger partial charge in [0.05, 0.1) is 0 Å². The summed E-state index contributed by atoms with van der Waals surface area (Å²) in [5, 5.41) is 8.68. The van der Waals surface area contributed by atoms with Crippen molar-refractivity contribution in [1.29, 1.82) is 0 Å². The van der Waals surface area contributed by atoms with E-state index >= 15 is 0 Å². The minimum atomic E-state index is 0.722. The number of benzene rings is 1. The predicted octanol–water partition coefficient (Wildman–Crippen LogP) is 3.68. The minimum Gasteiger partial charge on any atom is -0.388 e. The van der Waals surface area contributed by atoms with Gasteiger partial charge >= 0.3 is 0 Å². The molecule has 4 nitrogen and oxygen atoms in total. The normalized spacial score (nSPS) is 16.9. The van der Waals surface area contributed by atoms with Gasteiger partial charge in [0.25, 0.3) is 0 Å². The Morgan fingerprint density at radius 2 is 2.11 bits per heavy atom. The molecular formula is C13H15ClN4S. The fraction of sp³-hybridized carbons (Fsp3) is 0.231. The zero-order valence-electron chi connectivity index (χ0n) is 10.8. The monoisotopic (exact) mass is 294 g/mol. The lowest BCUT2D eigenvalue weighted by Crippen LogP contribution is -2.19. The van der Waals surface area contributed by atoms with Gasteiger partial charge in [0.15, 0.2) is 10.3 Å². The third kappa shape index (κ3) is 4.29. The highest BCUT2D eigenvalue weighted by Crippen LogP contribution is 2.23. The molecule has 0 atom stereocenters. The Kier molecular flexibility index (Phi) is 4.87. The van der Waals surface area contributed by atoms with Gasteiger partial charge < -0.3 is 10.6 Å². The first-order chi connectivity index (χ1) is 9.17. The van der Waals surface area contributed by atoms with Crippen molar-refractivity contribution in [3.8, 4) is 0 Å². The molecule has 1 heterocycles. The van der Waals surface area contributed by atoms with Crippen LogP contribution in [0.5, 0.6) is 0 Å². The number of halogens is 1. The predicted molar refractivity (Wildman–Crippen MR) is 85.0 cm³/mol. The van der Waals surface area contributed by atoms with Gasteiger partial charge in [-0.2, -0.15) is 4.99 Å². The number of allylic oxidation sites excluding steroid dienone is 1. The molecule has 6 heteroatoms. The third-order valence-corrected chi connectivity index (χ3v) is 3.32. The van der Waals surface area contributed by atoms with Crippen molar-refractivity contribution in [1.82, 2.24) is 5.32 Å². The van der Waals surface area contributed by atoms with Gasteiger partial charge in [-0.25, -0.2) is 4.99 Å². The Morgan fingerprint density at radius 3 is 2.74 bits per heavy atom. The second-order valence-corrected chi connectivity index (χ2v) is 5.30. The van der Waals surface area contributed by atoms with Crippen molar-refractivity contribution in [2.75, 3.05) is 11.9 Å². The van der Waals surface area contributed by atoms with E-state index < -0.39 is 0 Å². The standard InChI is InChI=1S/C13H15ClN4S/c1-3-15-9(2)8-16-12-18-13(19-12)17-11-6-4-10(14)5-7-11/h4-8,15H,3H2,1-2H3,(H,16,17,18). The fourth-order valence-corrected chi connectivity index (χ4v) is 2.13. The summed E-state index contributed by atoms with van der Waals surface area (Å²) in [5.74, 6) is 0. The quantitative estimate of drug-likeness (QED) is 0.890. The minimum absolute atomic E-state index is 0.722. The molecule has 1 aromatic rings. The van der Waals surface area contributed by atoms with Gasteiger partial charge in [0.2, 0.25) is 0 Å². The van der Waals surface area contributed by atoms with E-state index in [0.29, 0.717) is 0 Å². The molecule has 0 bridgehead atoms. The Morgan fingerprint density at radius 1 is 1.42 bits per heavy atom. The lowest BCUT2D eigenvalue weighted by molar-refractivity contribution is 0.850. The van der Waals surface area contributed by atoms with E-state index in [1.807, 2.05) is 31.2 Å². The van der Waals surface area contributed by atoms with E-state index in [1.165, 1.54) is 11.8 Å². The molecule has 19 heavy (non-hydrogen) atoms. The summed E-state index contributed by atoms with van der Waals surface area (Å²) in [6, 6.07) is 7.50. The molecule has 0 radical (unpaired) electrons. The summed E-state index contributed by atoms with van der Waals surface area (Å²) < 4.78 is 0. The molecule has 0 aromatic heterocycles. The molecule has 0 unspecified atom stereocenters. The van der Waals surface area contributed by atoms with E-state index in [1.54, 1.807) is 6.20 Å². The second-order valence-electron chi connectivity index (χ2n) is 3.91. The largest absolute Gasteiger partial charge is 0.388 e. The van der Waals surface area contributed by atoms with Crippen LogP contribution in [0.1, 0.15) is 13.8 Å². The maximum atomic E-state index is 5.82. The Bertz CT molecular complexity index is 534. The lowest BCUT2D eigenvalue weighted by atomic mass is 10.3. The summed E-state index contributed by atoms with van der Waals surface area (Å²) >= 11 is 7.34. The molecule has 0 amide bonds. The van der Waals surface area contributed by atoms with Crippen LogP contribution in [-0.4, -0.2) is 16.9 Å². The molecule has 2 rings (SSSR count). The highest BCUT2D eigenvalue weighted by molar-refractivity contribution is 8.29. The number of rotatable bonds is 4. The average molecular weight is 295 g/mol. The fourth-order valence-electron chi connectivity index (χ4n) is 1.42. The van der Waals surface area contributed by atoms with Crippen molar-refractivity contribution in [3.05, 3.63) is 41.2 Å².